The second-order valence-corrected chi connectivity index (χ2v) is 3.80. The van der Waals surface area contributed by atoms with Gasteiger partial charge in [0, 0.05) is 0 Å². The van der Waals surface area contributed by atoms with E-state index in [2.05, 4.69) is 0 Å². The molecule has 0 spiro atoms. The van der Waals surface area contributed by atoms with Crippen molar-refractivity contribution >= 4 is 11.9 Å². The van der Waals surface area contributed by atoms with Gasteiger partial charge in [0.15, 0.2) is 5.78 Å². The first-order valence-electron chi connectivity index (χ1n) is 5.69. The van der Waals surface area contributed by atoms with E-state index in [0.717, 1.165) is 18.4 Å². The highest BCUT2D eigenvalue weighted by molar-refractivity contribution is 5.96. The molecule has 1 aromatic rings. The first kappa shape index (κ1) is 12.7. The summed E-state index contributed by atoms with van der Waals surface area (Å²) in [5.74, 6) is -0.211. The summed E-state index contributed by atoms with van der Waals surface area (Å²) >= 11 is 0. The van der Waals surface area contributed by atoms with E-state index in [0.29, 0.717) is 6.42 Å². The molecule has 1 aromatic carbocycles. The maximum atomic E-state index is 11.5. The average Bonchev–Trinajstić information content (AvgIpc) is 2.34. The summed E-state index contributed by atoms with van der Waals surface area (Å²) in [6.07, 6.45) is 4.76. The summed E-state index contributed by atoms with van der Waals surface area (Å²) in [5.41, 5.74) is 0.971. The molecule has 16 heavy (non-hydrogen) atoms. The molecular weight excluding hydrogens is 200 g/mol. The molecule has 1 N–H and O–H groups in total. The Hall–Kier alpha value is -1.41. The Morgan fingerprint density at radius 1 is 1.38 bits per heavy atom. The summed E-state index contributed by atoms with van der Waals surface area (Å²) < 4.78 is 0. The number of hydrogen-bond donors (Lipinski definition) is 1. The molecular formula is C14H18O2. The van der Waals surface area contributed by atoms with E-state index in [1.807, 2.05) is 37.3 Å². The highest BCUT2D eigenvalue weighted by Gasteiger charge is 2.10. The zero-order valence-corrected chi connectivity index (χ0v) is 9.60. The fourth-order valence-corrected chi connectivity index (χ4v) is 1.39. The standard InChI is InChI=1S/C14H18O2/c1-2-3-9-13(15)14(16)11-10-12-7-5-4-6-8-12/h4-8,10-11,13,15H,2-3,9H2,1H3/b11-10+/t13-/m0/s1. The van der Waals surface area contributed by atoms with Crippen molar-refractivity contribution in [2.45, 2.75) is 32.3 Å². The van der Waals surface area contributed by atoms with Gasteiger partial charge >= 0.3 is 0 Å². The van der Waals surface area contributed by atoms with Crippen LogP contribution in [0.25, 0.3) is 6.08 Å². The quantitative estimate of drug-likeness (QED) is 0.745. The SMILES string of the molecule is CCCC[C@H](O)C(=O)/C=C/c1ccccc1. The first-order valence-corrected chi connectivity index (χ1v) is 5.69. The van der Waals surface area contributed by atoms with Crippen molar-refractivity contribution in [1.29, 1.82) is 0 Å². The Kier molecular flexibility index (Phi) is 5.51. The third kappa shape index (κ3) is 4.41. The van der Waals surface area contributed by atoms with Crippen LogP contribution in [0.2, 0.25) is 0 Å². The smallest absolute Gasteiger partial charge is 0.184 e. The molecule has 0 saturated carbocycles. The first-order chi connectivity index (χ1) is 7.74. The minimum absolute atomic E-state index is 0.211. The van der Waals surface area contributed by atoms with Gasteiger partial charge in [-0.1, -0.05) is 56.2 Å². The van der Waals surface area contributed by atoms with Crippen molar-refractivity contribution < 1.29 is 9.90 Å². The van der Waals surface area contributed by atoms with Gasteiger partial charge < -0.3 is 5.11 Å². The minimum Gasteiger partial charge on any atom is -0.385 e. The van der Waals surface area contributed by atoms with Crippen LogP contribution in [-0.2, 0) is 4.79 Å². The van der Waals surface area contributed by atoms with Crippen molar-refractivity contribution in [2.75, 3.05) is 0 Å². The van der Waals surface area contributed by atoms with Crippen LogP contribution in [-0.4, -0.2) is 17.0 Å². The lowest BCUT2D eigenvalue weighted by Crippen LogP contribution is -2.17. The fraction of sp³-hybridized carbons (Fsp3) is 0.357. The summed E-state index contributed by atoms with van der Waals surface area (Å²) in [5, 5.41) is 9.53. The van der Waals surface area contributed by atoms with E-state index in [1.165, 1.54) is 6.08 Å². The molecule has 0 heterocycles. The molecule has 0 aromatic heterocycles. The number of aliphatic hydroxyl groups is 1. The van der Waals surface area contributed by atoms with Crippen LogP contribution in [0.3, 0.4) is 0 Å². The molecule has 2 nitrogen and oxygen atoms in total. The topological polar surface area (TPSA) is 37.3 Å². The van der Waals surface area contributed by atoms with Crippen molar-refractivity contribution in [3.63, 3.8) is 0 Å². The van der Waals surface area contributed by atoms with Gasteiger partial charge in [0.1, 0.15) is 6.10 Å². The van der Waals surface area contributed by atoms with Crippen molar-refractivity contribution in [1.82, 2.24) is 0 Å². The summed E-state index contributed by atoms with van der Waals surface area (Å²) in [6, 6.07) is 9.59. The lowest BCUT2D eigenvalue weighted by molar-refractivity contribution is -0.122. The zero-order chi connectivity index (χ0) is 11.8. The third-order valence-electron chi connectivity index (χ3n) is 2.40. The lowest BCUT2D eigenvalue weighted by Gasteiger charge is -2.04. The summed E-state index contributed by atoms with van der Waals surface area (Å²) in [7, 11) is 0. The van der Waals surface area contributed by atoms with E-state index in [1.54, 1.807) is 6.08 Å². The average molecular weight is 218 g/mol. The number of carbonyl (C=O) groups excluding carboxylic acids is 1. The Labute approximate surface area is 96.6 Å². The number of unbranched alkanes of at least 4 members (excludes halogenated alkanes) is 1. The van der Waals surface area contributed by atoms with Crippen LogP contribution in [0, 0.1) is 0 Å². The third-order valence-corrected chi connectivity index (χ3v) is 2.40. The van der Waals surface area contributed by atoms with Crippen LogP contribution < -0.4 is 0 Å². The second-order valence-electron chi connectivity index (χ2n) is 3.80. The van der Waals surface area contributed by atoms with Crippen molar-refractivity contribution in [3.05, 3.63) is 42.0 Å². The zero-order valence-electron chi connectivity index (χ0n) is 9.60. The molecule has 0 unspecified atom stereocenters. The summed E-state index contributed by atoms with van der Waals surface area (Å²) in [6.45, 7) is 2.04. The summed E-state index contributed by atoms with van der Waals surface area (Å²) in [4.78, 5) is 11.5. The lowest BCUT2D eigenvalue weighted by atomic mass is 10.1. The molecule has 0 fully saturated rings. The molecule has 1 rings (SSSR count). The number of benzene rings is 1. The molecule has 2 heteroatoms. The van der Waals surface area contributed by atoms with Gasteiger partial charge in [-0.3, -0.25) is 4.79 Å². The van der Waals surface area contributed by atoms with Gasteiger partial charge in [-0.2, -0.15) is 0 Å². The van der Waals surface area contributed by atoms with Crippen LogP contribution >= 0.6 is 0 Å². The van der Waals surface area contributed by atoms with Crippen molar-refractivity contribution in [2.24, 2.45) is 0 Å². The van der Waals surface area contributed by atoms with Gasteiger partial charge in [-0.25, -0.2) is 0 Å². The number of carbonyl (C=O) groups is 1. The molecule has 0 radical (unpaired) electrons. The fourth-order valence-electron chi connectivity index (χ4n) is 1.39. The maximum Gasteiger partial charge on any atom is 0.184 e. The van der Waals surface area contributed by atoms with E-state index < -0.39 is 6.10 Å². The van der Waals surface area contributed by atoms with Crippen LogP contribution in [0.1, 0.15) is 31.7 Å². The van der Waals surface area contributed by atoms with E-state index in [-0.39, 0.29) is 5.78 Å². The predicted molar refractivity (Wildman–Crippen MR) is 66.0 cm³/mol. The van der Waals surface area contributed by atoms with Crippen molar-refractivity contribution in [3.8, 4) is 0 Å². The monoisotopic (exact) mass is 218 g/mol. The second kappa shape index (κ2) is 6.96. The van der Waals surface area contributed by atoms with Gasteiger partial charge in [-0.15, -0.1) is 0 Å². The Bertz CT molecular complexity index is 341. The van der Waals surface area contributed by atoms with Crippen LogP contribution in [0.5, 0.6) is 0 Å². The molecule has 86 valence electrons. The van der Waals surface area contributed by atoms with Gasteiger partial charge in [0.05, 0.1) is 0 Å². The molecule has 0 bridgehead atoms. The number of rotatable bonds is 6. The molecule has 1 atom stereocenters. The van der Waals surface area contributed by atoms with Gasteiger partial charge in [0.25, 0.3) is 0 Å². The number of hydrogen-bond acceptors (Lipinski definition) is 2. The number of aliphatic hydroxyl groups excluding tert-OH is 1. The van der Waals surface area contributed by atoms with Gasteiger partial charge in [0.2, 0.25) is 0 Å². The Morgan fingerprint density at radius 3 is 2.69 bits per heavy atom. The van der Waals surface area contributed by atoms with E-state index in [4.69, 9.17) is 0 Å². The highest BCUT2D eigenvalue weighted by Crippen LogP contribution is 2.05. The molecule has 0 amide bonds. The van der Waals surface area contributed by atoms with E-state index >= 15 is 0 Å². The van der Waals surface area contributed by atoms with Crippen LogP contribution in [0.4, 0.5) is 0 Å². The largest absolute Gasteiger partial charge is 0.385 e. The molecule has 0 aliphatic carbocycles. The molecule has 0 aliphatic heterocycles. The number of ketones is 1. The molecule has 0 saturated heterocycles. The van der Waals surface area contributed by atoms with Gasteiger partial charge in [-0.05, 0) is 18.1 Å². The molecule has 0 aliphatic rings. The predicted octanol–water partition coefficient (Wildman–Crippen LogP) is 2.82. The maximum absolute atomic E-state index is 11.5. The van der Waals surface area contributed by atoms with Crippen LogP contribution in [0.15, 0.2) is 36.4 Å². The normalized spacial score (nSPS) is 12.9. The minimum atomic E-state index is -0.847. The Morgan fingerprint density at radius 2 is 2.06 bits per heavy atom. The Balaban J connectivity index is 2.48. The van der Waals surface area contributed by atoms with E-state index in [9.17, 15) is 9.90 Å². The highest BCUT2D eigenvalue weighted by atomic mass is 16.3.